The van der Waals surface area contributed by atoms with Crippen molar-refractivity contribution in [1.82, 2.24) is 19.6 Å². The molecule has 13 heteroatoms. The number of likely N-dealkylation sites (tertiary alicyclic amines) is 1. The number of amides is 1. The Labute approximate surface area is 312 Å². The zero-order valence-corrected chi connectivity index (χ0v) is 29.9. The topological polar surface area (TPSA) is 119 Å². The number of nitrogens with one attached hydrogen (secondary N) is 3. The van der Waals surface area contributed by atoms with Crippen molar-refractivity contribution in [2.45, 2.75) is 44.1 Å². The van der Waals surface area contributed by atoms with Gasteiger partial charge >= 0.3 is 0 Å². The van der Waals surface area contributed by atoms with Crippen LogP contribution >= 0.6 is 0 Å². The maximum absolute atomic E-state index is 14.3. The molecule has 5 aromatic rings. The first-order valence-electron chi connectivity index (χ1n) is 18.3. The van der Waals surface area contributed by atoms with Crippen molar-refractivity contribution in [2.24, 2.45) is 4.99 Å². The van der Waals surface area contributed by atoms with Gasteiger partial charge in [0.15, 0.2) is 6.29 Å². The Morgan fingerprint density at radius 2 is 1.78 bits per heavy atom. The number of para-hydroxylation sites is 1. The third-order valence-corrected chi connectivity index (χ3v) is 10.4. The summed E-state index contributed by atoms with van der Waals surface area (Å²) < 4.78 is 36.4. The lowest BCUT2D eigenvalue weighted by Crippen LogP contribution is -2.49. The Bertz CT molecular complexity index is 2210. The Kier molecular flexibility index (Phi) is 9.98. The minimum absolute atomic E-state index is 0.211. The molecule has 4 N–H and O–H groups in total. The molecule has 1 amide bonds. The number of hydrogen-bond donors (Lipinski definition) is 4. The van der Waals surface area contributed by atoms with Crippen LogP contribution in [0.3, 0.4) is 0 Å². The normalized spacial score (nSPS) is 19.3. The molecule has 0 radical (unpaired) electrons. The van der Waals surface area contributed by atoms with Crippen LogP contribution in [0.15, 0.2) is 96.1 Å². The summed E-state index contributed by atoms with van der Waals surface area (Å²) >= 11 is 0. The molecular formula is C41H42F2N8O3. The average molecular weight is 733 g/mol. The van der Waals surface area contributed by atoms with E-state index in [1.165, 1.54) is 6.07 Å². The minimum Gasteiger partial charge on any atom is -0.495 e. The van der Waals surface area contributed by atoms with Crippen molar-refractivity contribution in [3.63, 3.8) is 0 Å². The maximum atomic E-state index is 14.3. The number of carbonyl (C=O) groups is 1. The van der Waals surface area contributed by atoms with E-state index < -0.39 is 29.5 Å². The van der Waals surface area contributed by atoms with Crippen molar-refractivity contribution >= 4 is 40.5 Å². The summed E-state index contributed by atoms with van der Waals surface area (Å²) in [5.41, 5.74) is 4.99. The number of aromatic nitrogens is 2. The monoisotopic (exact) mass is 732 g/mol. The Morgan fingerprint density at radius 3 is 2.57 bits per heavy atom. The van der Waals surface area contributed by atoms with Gasteiger partial charge in [-0.25, -0.2) is 18.8 Å². The molecule has 3 aliphatic heterocycles. The SMILES string of the molecule is COc1cc(N2CCC(N3CCC[C@H](O)C3)CC2)ccc1NC1N=CC=C(c2c(-c3cccc(C(=O)Nc4c(F)cccc4F)c3)nc3ccccn23)N1. The highest BCUT2D eigenvalue weighted by atomic mass is 19.1. The molecule has 0 bridgehead atoms. The molecule has 0 spiro atoms. The van der Waals surface area contributed by atoms with Crippen LogP contribution in [0.1, 0.15) is 41.7 Å². The van der Waals surface area contributed by atoms with Crippen LogP contribution in [-0.2, 0) is 0 Å². The lowest BCUT2D eigenvalue weighted by atomic mass is 9.98. The van der Waals surface area contributed by atoms with E-state index in [2.05, 4.69) is 42.9 Å². The number of rotatable bonds is 9. The lowest BCUT2D eigenvalue weighted by Gasteiger charge is -2.42. The number of hydrogen-bond acceptors (Lipinski definition) is 9. The van der Waals surface area contributed by atoms with Crippen LogP contribution in [-0.4, -0.2) is 83.2 Å². The molecule has 8 rings (SSSR count). The van der Waals surface area contributed by atoms with Crippen molar-refractivity contribution < 1.29 is 23.4 Å². The molecule has 54 heavy (non-hydrogen) atoms. The van der Waals surface area contributed by atoms with E-state index in [9.17, 15) is 18.7 Å². The predicted octanol–water partition coefficient (Wildman–Crippen LogP) is 6.38. The first-order valence-corrected chi connectivity index (χ1v) is 18.3. The highest BCUT2D eigenvalue weighted by Crippen LogP contribution is 2.34. The molecule has 2 saturated heterocycles. The standard InChI is InChI=1S/C41H42F2N8O3/c1-54-35-24-29(49-21-16-28(17-22-49)50-19-6-9-30(52)25-50)13-14-33(35)45-41-44-18-15-34(46-41)39-37(47-36-12-2-3-20-51(36)39)26-7-4-8-27(23-26)40(53)48-38-31(42)10-5-11-32(38)43/h2-5,7-8,10-15,18,20,23-24,28,30,41,45-46,52H,6,9,16-17,19,21-22,25H2,1H3,(H,48,53)/t30-,41?/m0/s1. The van der Waals surface area contributed by atoms with Gasteiger partial charge in [0, 0.05) is 61.0 Å². The average Bonchev–Trinajstić information content (AvgIpc) is 3.60. The fourth-order valence-electron chi connectivity index (χ4n) is 7.67. The van der Waals surface area contributed by atoms with Crippen molar-refractivity contribution in [3.05, 3.63) is 114 Å². The number of aliphatic imine (C=N–C) groups is 1. The second-order valence-corrected chi connectivity index (χ2v) is 13.8. The van der Waals surface area contributed by atoms with Crippen LogP contribution in [0, 0.1) is 11.6 Å². The Hall–Kier alpha value is -5.79. The summed E-state index contributed by atoms with van der Waals surface area (Å²) in [4.78, 5) is 27.6. The van der Waals surface area contributed by atoms with Gasteiger partial charge in [-0.05, 0) is 86.8 Å². The molecule has 0 aliphatic carbocycles. The summed E-state index contributed by atoms with van der Waals surface area (Å²) in [6.45, 7) is 3.72. The largest absolute Gasteiger partial charge is 0.495 e. The number of aliphatic hydroxyl groups excluding tert-OH is 1. The number of benzene rings is 3. The van der Waals surface area contributed by atoms with E-state index >= 15 is 0 Å². The van der Waals surface area contributed by atoms with E-state index in [4.69, 9.17) is 9.72 Å². The summed E-state index contributed by atoms with van der Waals surface area (Å²) in [6, 6.07) is 22.6. The van der Waals surface area contributed by atoms with Gasteiger partial charge in [-0.3, -0.25) is 14.1 Å². The van der Waals surface area contributed by atoms with Crippen molar-refractivity contribution in [3.8, 4) is 17.0 Å². The number of anilines is 3. The third-order valence-electron chi connectivity index (χ3n) is 10.4. The van der Waals surface area contributed by atoms with Crippen LogP contribution in [0.25, 0.3) is 22.6 Å². The molecule has 0 saturated carbocycles. The lowest BCUT2D eigenvalue weighted by molar-refractivity contribution is 0.0398. The number of fused-ring (bicyclic) bond motifs is 1. The van der Waals surface area contributed by atoms with Crippen LogP contribution in [0.4, 0.5) is 25.8 Å². The Balaban J connectivity index is 0.995. The van der Waals surface area contributed by atoms with Gasteiger partial charge in [0.1, 0.15) is 28.7 Å². The molecule has 1 unspecified atom stereocenters. The van der Waals surface area contributed by atoms with Gasteiger partial charge in [-0.1, -0.05) is 24.3 Å². The zero-order chi connectivity index (χ0) is 37.2. The molecule has 2 aromatic heterocycles. The van der Waals surface area contributed by atoms with E-state index in [1.54, 1.807) is 31.5 Å². The predicted molar refractivity (Wildman–Crippen MR) is 207 cm³/mol. The van der Waals surface area contributed by atoms with Crippen molar-refractivity contribution in [1.29, 1.82) is 0 Å². The number of imidazole rings is 1. The van der Waals surface area contributed by atoms with Crippen LogP contribution in [0.2, 0.25) is 0 Å². The number of nitrogens with zero attached hydrogens (tertiary/aromatic N) is 5. The number of halogens is 2. The zero-order valence-electron chi connectivity index (χ0n) is 29.9. The molecule has 2 fully saturated rings. The molecule has 3 aromatic carbocycles. The smallest absolute Gasteiger partial charge is 0.255 e. The number of methoxy groups -OCH3 is 1. The van der Waals surface area contributed by atoms with E-state index in [-0.39, 0.29) is 11.7 Å². The van der Waals surface area contributed by atoms with Gasteiger partial charge < -0.3 is 30.7 Å². The fourth-order valence-corrected chi connectivity index (χ4v) is 7.67. The highest BCUT2D eigenvalue weighted by molar-refractivity contribution is 6.05. The van der Waals surface area contributed by atoms with Gasteiger partial charge in [-0.2, -0.15) is 0 Å². The number of aliphatic hydroxyl groups is 1. The molecule has 2 atom stereocenters. The van der Waals surface area contributed by atoms with Gasteiger partial charge in [0.2, 0.25) is 0 Å². The summed E-state index contributed by atoms with van der Waals surface area (Å²) in [5.74, 6) is -1.67. The first kappa shape index (κ1) is 35.3. The number of carbonyl (C=O) groups excluding carboxylic acids is 1. The molecule has 3 aliphatic rings. The maximum Gasteiger partial charge on any atom is 0.255 e. The van der Waals surface area contributed by atoms with Crippen LogP contribution < -0.4 is 25.6 Å². The minimum atomic E-state index is -0.859. The quantitative estimate of drug-likeness (QED) is 0.138. The fraction of sp³-hybridized carbons (Fsp3) is 0.293. The molecule has 5 heterocycles. The number of piperidine rings is 2. The number of pyridine rings is 1. The van der Waals surface area contributed by atoms with Gasteiger partial charge in [0.25, 0.3) is 5.91 Å². The molecular weight excluding hydrogens is 690 g/mol. The summed E-state index contributed by atoms with van der Waals surface area (Å²) in [6.07, 6.45) is 8.82. The highest BCUT2D eigenvalue weighted by Gasteiger charge is 2.29. The van der Waals surface area contributed by atoms with E-state index in [1.807, 2.05) is 47.0 Å². The number of β-amino-alcohol motifs (C(OH)–C–C–N with tert-alkyl or cyclic N) is 1. The Morgan fingerprint density at radius 1 is 0.963 bits per heavy atom. The third kappa shape index (κ3) is 7.24. The molecule has 11 nitrogen and oxygen atoms in total. The van der Waals surface area contributed by atoms with Gasteiger partial charge in [0.05, 0.1) is 36.0 Å². The first-order chi connectivity index (χ1) is 26.3. The molecule has 278 valence electrons. The number of allylic oxidation sites excluding steroid dienone is 1. The van der Waals surface area contributed by atoms with E-state index in [0.29, 0.717) is 28.7 Å². The van der Waals surface area contributed by atoms with Crippen LogP contribution in [0.5, 0.6) is 5.75 Å². The second kappa shape index (κ2) is 15.3. The summed E-state index contributed by atoms with van der Waals surface area (Å²) in [5, 5.41) is 19.5. The summed E-state index contributed by atoms with van der Waals surface area (Å²) in [7, 11) is 1.66. The van der Waals surface area contributed by atoms with E-state index in [0.717, 1.165) is 86.8 Å². The van der Waals surface area contributed by atoms with Crippen molar-refractivity contribution in [2.75, 3.05) is 48.8 Å². The number of ether oxygens (including phenoxy) is 1. The second-order valence-electron chi connectivity index (χ2n) is 13.8. The van der Waals surface area contributed by atoms with Gasteiger partial charge in [-0.15, -0.1) is 0 Å².